The molecule has 3 aliphatic rings. The largest absolute Gasteiger partial charge is 0.478 e. The topological polar surface area (TPSA) is 119 Å². The molecule has 3 heterocycles. The summed E-state index contributed by atoms with van der Waals surface area (Å²) in [6.07, 6.45) is 6.96. The maximum atomic E-state index is 14.7. The van der Waals surface area contributed by atoms with Crippen LogP contribution < -0.4 is 0 Å². The first-order valence-corrected chi connectivity index (χ1v) is 15.2. The average Bonchev–Trinajstić information content (AvgIpc) is 3.51. The second-order valence-corrected chi connectivity index (χ2v) is 13.3. The number of fused-ring (bicyclic) bond motifs is 3. The van der Waals surface area contributed by atoms with Gasteiger partial charge in [0.25, 0.3) is 0 Å². The zero-order chi connectivity index (χ0) is 28.6. The van der Waals surface area contributed by atoms with Crippen molar-refractivity contribution in [3.05, 3.63) is 62.3 Å². The highest BCUT2D eigenvalue weighted by atomic mass is 35.5. The lowest BCUT2D eigenvalue weighted by Crippen LogP contribution is -2.45. The van der Waals surface area contributed by atoms with E-state index in [4.69, 9.17) is 32.5 Å². The van der Waals surface area contributed by atoms with Gasteiger partial charge < -0.3 is 19.5 Å². The summed E-state index contributed by atoms with van der Waals surface area (Å²) in [7, 11) is 0. The SMILES string of the molecule is C[C@H]1C[C@@H]2C[C@@H](OCc3c(-c4c(Cl)cncc4Cl)noc3C3CC3)C[C@H]1[C@]2(O)c1nc2c(F)cc(C(=O)O)cc2s1. The van der Waals surface area contributed by atoms with Crippen molar-refractivity contribution >= 4 is 50.7 Å². The van der Waals surface area contributed by atoms with Gasteiger partial charge in [-0.1, -0.05) is 35.3 Å². The number of aromatic nitrogens is 3. The minimum atomic E-state index is -1.24. The molecule has 4 aromatic rings. The van der Waals surface area contributed by atoms with Crippen molar-refractivity contribution < 1.29 is 28.7 Å². The van der Waals surface area contributed by atoms with Gasteiger partial charge in [-0.05, 0) is 62.0 Å². The summed E-state index contributed by atoms with van der Waals surface area (Å²) in [5.74, 6) is -0.908. The highest BCUT2D eigenvalue weighted by Crippen LogP contribution is 2.59. The van der Waals surface area contributed by atoms with E-state index in [9.17, 15) is 19.4 Å². The van der Waals surface area contributed by atoms with Gasteiger partial charge in [0.1, 0.15) is 27.6 Å². The summed E-state index contributed by atoms with van der Waals surface area (Å²) in [5.41, 5.74) is 0.676. The molecule has 0 aliphatic heterocycles. The predicted octanol–water partition coefficient (Wildman–Crippen LogP) is 7.21. The minimum absolute atomic E-state index is 0.0925. The summed E-state index contributed by atoms with van der Waals surface area (Å²) in [5, 5.41) is 27.0. The number of hydrogen-bond acceptors (Lipinski definition) is 8. The minimum Gasteiger partial charge on any atom is -0.478 e. The van der Waals surface area contributed by atoms with Crippen LogP contribution in [0, 0.1) is 23.6 Å². The lowest BCUT2D eigenvalue weighted by Gasteiger charge is -2.41. The van der Waals surface area contributed by atoms with Crippen LogP contribution in [-0.2, 0) is 16.9 Å². The van der Waals surface area contributed by atoms with Crippen molar-refractivity contribution in [3.63, 3.8) is 0 Å². The Hall–Kier alpha value is -2.63. The Balaban J connectivity index is 1.16. The molecule has 0 amide bonds. The Morgan fingerprint density at radius 3 is 2.66 bits per heavy atom. The number of thiazole rings is 1. The summed E-state index contributed by atoms with van der Waals surface area (Å²) < 4.78 is 27.4. The number of aliphatic hydroxyl groups is 1. The molecule has 3 saturated carbocycles. The van der Waals surface area contributed by atoms with E-state index in [2.05, 4.69) is 22.0 Å². The van der Waals surface area contributed by atoms with Gasteiger partial charge in [0.05, 0.1) is 33.0 Å². The zero-order valence-electron chi connectivity index (χ0n) is 21.9. The van der Waals surface area contributed by atoms with Gasteiger partial charge in [0.15, 0.2) is 5.82 Å². The van der Waals surface area contributed by atoms with Crippen LogP contribution in [0.15, 0.2) is 29.0 Å². The van der Waals surface area contributed by atoms with Crippen LogP contribution in [0.4, 0.5) is 4.39 Å². The lowest BCUT2D eigenvalue weighted by atomic mass is 9.72. The second-order valence-electron chi connectivity index (χ2n) is 11.5. The smallest absolute Gasteiger partial charge is 0.335 e. The predicted molar refractivity (Wildman–Crippen MR) is 151 cm³/mol. The molecule has 0 saturated heterocycles. The van der Waals surface area contributed by atoms with E-state index in [0.29, 0.717) is 49.8 Å². The molecule has 3 aliphatic carbocycles. The first-order chi connectivity index (χ1) is 19.6. The monoisotopic (exact) mass is 617 g/mol. The Bertz CT molecular complexity index is 1670. The van der Waals surface area contributed by atoms with Gasteiger partial charge in [-0.25, -0.2) is 14.2 Å². The van der Waals surface area contributed by atoms with E-state index in [-0.39, 0.29) is 41.5 Å². The summed E-state index contributed by atoms with van der Waals surface area (Å²) in [6.45, 7) is 2.38. The maximum absolute atomic E-state index is 14.7. The molecule has 0 radical (unpaired) electrons. The number of benzene rings is 1. The molecular formula is C29H26Cl2FN3O5S. The van der Waals surface area contributed by atoms with Crippen molar-refractivity contribution in [2.45, 2.75) is 63.3 Å². The zero-order valence-corrected chi connectivity index (χ0v) is 24.3. The Morgan fingerprint density at radius 2 is 1.98 bits per heavy atom. The van der Waals surface area contributed by atoms with Gasteiger partial charge in [-0.2, -0.15) is 0 Å². The van der Waals surface area contributed by atoms with Crippen LogP contribution in [0.5, 0.6) is 0 Å². The van der Waals surface area contributed by atoms with Crippen LogP contribution >= 0.6 is 34.5 Å². The van der Waals surface area contributed by atoms with Crippen molar-refractivity contribution in [1.82, 2.24) is 15.1 Å². The van der Waals surface area contributed by atoms with E-state index in [1.54, 1.807) is 0 Å². The fourth-order valence-corrected chi connectivity index (χ4v) is 8.63. The highest BCUT2D eigenvalue weighted by molar-refractivity contribution is 7.18. The fraction of sp³-hybridized carbons (Fsp3) is 0.448. The molecular weight excluding hydrogens is 592 g/mol. The van der Waals surface area contributed by atoms with Crippen molar-refractivity contribution in [1.29, 1.82) is 0 Å². The molecule has 41 heavy (non-hydrogen) atoms. The molecule has 8 nitrogen and oxygen atoms in total. The van der Waals surface area contributed by atoms with E-state index in [1.807, 2.05) is 0 Å². The first-order valence-electron chi connectivity index (χ1n) is 13.6. The number of halogens is 3. The van der Waals surface area contributed by atoms with Crippen LogP contribution in [0.3, 0.4) is 0 Å². The normalized spacial score (nSPS) is 27.5. The van der Waals surface area contributed by atoms with Crippen molar-refractivity contribution in [3.8, 4) is 11.3 Å². The highest BCUT2D eigenvalue weighted by Gasteiger charge is 2.59. The molecule has 0 unspecified atom stereocenters. The van der Waals surface area contributed by atoms with Gasteiger partial charge in [-0.15, -0.1) is 11.3 Å². The number of pyridine rings is 1. The molecule has 2 N–H and O–H groups in total. The third-order valence-corrected chi connectivity index (χ3v) is 10.7. The number of nitrogens with zero attached hydrogens (tertiary/aromatic N) is 3. The van der Waals surface area contributed by atoms with Crippen LogP contribution in [0.25, 0.3) is 21.5 Å². The van der Waals surface area contributed by atoms with Gasteiger partial charge >= 0.3 is 5.97 Å². The second kappa shape index (κ2) is 9.98. The summed E-state index contributed by atoms with van der Waals surface area (Å²) in [4.78, 5) is 20.0. The van der Waals surface area contributed by atoms with E-state index in [1.165, 1.54) is 29.8 Å². The summed E-state index contributed by atoms with van der Waals surface area (Å²) in [6, 6.07) is 2.39. The van der Waals surface area contributed by atoms with E-state index >= 15 is 0 Å². The molecule has 0 spiro atoms. The summed E-state index contributed by atoms with van der Waals surface area (Å²) >= 11 is 14.1. The molecule has 5 atom stereocenters. The van der Waals surface area contributed by atoms with E-state index < -0.39 is 17.4 Å². The molecule has 12 heteroatoms. The molecule has 2 bridgehead atoms. The quantitative estimate of drug-likeness (QED) is 0.223. The lowest BCUT2D eigenvalue weighted by molar-refractivity contribution is -0.120. The van der Waals surface area contributed by atoms with Gasteiger partial charge in [0, 0.05) is 29.4 Å². The average molecular weight is 619 g/mol. The number of ether oxygens (including phenoxy) is 1. The number of carboxylic acids is 1. The number of carboxylic acid groups (broad SMARTS) is 1. The van der Waals surface area contributed by atoms with Crippen molar-refractivity contribution in [2.24, 2.45) is 17.8 Å². The number of rotatable bonds is 7. The Labute approximate surface area is 248 Å². The Kier molecular flexibility index (Phi) is 6.63. The number of hydrogen-bond donors (Lipinski definition) is 2. The third-order valence-electron chi connectivity index (χ3n) is 8.95. The van der Waals surface area contributed by atoms with Crippen LogP contribution in [-0.4, -0.2) is 37.4 Å². The standard InChI is InChI=1S/C29H26Cl2FN3O5S/c1-12-4-15-7-16(8-18(12)29(15,38)28-34-25-21(32)5-14(27(36)37)6-22(25)41-28)39-11-17-24(35-40-26(17)13-2-3-13)23-19(30)9-33-10-20(23)31/h5-6,9-10,12-13,15-16,18,38H,2-4,7-8,11H2,1H3,(H,36,37)/t12-,15+,16+,18+,29-/m0/s1. The third kappa shape index (κ3) is 4.46. The van der Waals surface area contributed by atoms with Crippen LogP contribution in [0.2, 0.25) is 10.0 Å². The van der Waals surface area contributed by atoms with Gasteiger partial charge in [0.2, 0.25) is 0 Å². The molecule has 3 aromatic heterocycles. The maximum Gasteiger partial charge on any atom is 0.335 e. The fourth-order valence-electron chi connectivity index (χ4n) is 6.83. The molecule has 3 fully saturated rings. The number of carbonyl (C=O) groups is 1. The van der Waals surface area contributed by atoms with Gasteiger partial charge in [-0.3, -0.25) is 4.98 Å². The molecule has 7 rings (SSSR count). The van der Waals surface area contributed by atoms with Crippen LogP contribution in [0.1, 0.15) is 71.6 Å². The first kappa shape index (κ1) is 27.2. The molecule has 214 valence electrons. The molecule has 1 aromatic carbocycles. The van der Waals surface area contributed by atoms with E-state index in [0.717, 1.165) is 36.7 Å². The Morgan fingerprint density at radius 1 is 1.22 bits per heavy atom. The number of aromatic carboxylic acids is 1. The van der Waals surface area contributed by atoms with Crippen molar-refractivity contribution in [2.75, 3.05) is 0 Å².